The molecule has 1 amide bonds. The van der Waals surface area contributed by atoms with Crippen molar-refractivity contribution in [3.63, 3.8) is 0 Å². The Labute approximate surface area is 112 Å². The summed E-state index contributed by atoms with van der Waals surface area (Å²) in [4.78, 5) is 11.5. The first-order valence-electron chi connectivity index (χ1n) is 5.87. The Balaban J connectivity index is 2.76. The Morgan fingerprint density at radius 2 is 2.17 bits per heavy atom. The Morgan fingerprint density at radius 3 is 2.67 bits per heavy atom. The van der Waals surface area contributed by atoms with Crippen LogP contribution in [0.3, 0.4) is 0 Å². The van der Waals surface area contributed by atoms with Gasteiger partial charge in [-0.2, -0.15) is 0 Å². The van der Waals surface area contributed by atoms with Crippen molar-refractivity contribution < 1.29 is 14.6 Å². The molecule has 1 unspecified atom stereocenters. The van der Waals surface area contributed by atoms with E-state index in [9.17, 15) is 9.90 Å². The number of halogens is 1. The minimum Gasteiger partial charge on any atom is -0.479 e. The molecule has 0 spiro atoms. The molecule has 18 heavy (non-hydrogen) atoms. The normalized spacial score (nSPS) is 13.8. The quantitative estimate of drug-likeness (QED) is 0.864. The molecule has 5 heteroatoms. The Bertz CT molecular complexity index is 421. The number of carbonyl (C=O) groups excluding carboxylic acids is 1. The van der Waals surface area contributed by atoms with Crippen LogP contribution in [-0.2, 0) is 4.79 Å². The fourth-order valence-electron chi connectivity index (χ4n) is 1.43. The predicted molar refractivity (Wildman–Crippen MR) is 70.9 cm³/mol. The number of aliphatic hydroxyl groups is 1. The van der Waals surface area contributed by atoms with Gasteiger partial charge in [0.15, 0.2) is 6.10 Å². The van der Waals surface area contributed by atoms with Crippen molar-refractivity contribution >= 4 is 17.5 Å². The molecule has 0 aliphatic heterocycles. The van der Waals surface area contributed by atoms with Gasteiger partial charge in [-0.1, -0.05) is 17.7 Å². The number of hydrogen-bond acceptors (Lipinski definition) is 3. The summed E-state index contributed by atoms with van der Waals surface area (Å²) < 4.78 is 5.47. The van der Waals surface area contributed by atoms with E-state index in [0.29, 0.717) is 22.9 Å². The molecule has 0 heterocycles. The van der Waals surface area contributed by atoms with Crippen LogP contribution in [0.25, 0.3) is 0 Å². The van der Waals surface area contributed by atoms with E-state index < -0.39 is 12.2 Å². The van der Waals surface area contributed by atoms with Crippen LogP contribution in [-0.4, -0.2) is 23.7 Å². The lowest BCUT2D eigenvalue weighted by Crippen LogP contribution is -2.36. The molecular weight excluding hydrogens is 254 g/mol. The first-order valence-corrected chi connectivity index (χ1v) is 6.25. The van der Waals surface area contributed by atoms with Crippen LogP contribution in [0.15, 0.2) is 18.2 Å². The Hall–Kier alpha value is -1.26. The summed E-state index contributed by atoms with van der Waals surface area (Å²) in [5.41, 5.74) is 0.706. The second-order valence-electron chi connectivity index (χ2n) is 4.02. The SMILES string of the molecule is CCNC(=O)C(C)Oc1ccc([C@H](C)O)cc1Cl. The molecule has 0 radical (unpaired) electrons. The standard InChI is InChI=1S/C13H18ClNO3/c1-4-15-13(17)9(3)18-12-6-5-10(8(2)16)7-11(12)14/h5-9,16H,4H2,1-3H3,(H,15,17)/t8-,9?/m0/s1. The number of ether oxygens (including phenoxy) is 1. The van der Waals surface area contributed by atoms with E-state index in [1.165, 1.54) is 0 Å². The molecule has 0 saturated heterocycles. The molecule has 2 N–H and O–H groups in total. The van der Waals surface area contributed by atoms with Gasteiger partial charge in [0.25, 0.3) is 5.91 Å². The van der Waals surface area contributed by atoms with Crippen molar-refractivity contribution in [3.8, 4) is 5.75 Å². The number of aliphatic hydroxyl groups excluding tert-OH is 1. The third-order valence-electron chi connectivity index (χ3n) is 2.46. The number of amides is 1. The van der Waals surface area contributed by atoms with E-state index in [1.807, 2.05) is 6.92 Å². The largest absolute Gasteiger partial charge is 0.479 e. The number of rotatable bonds is 5. The van der Waals surface area contributed by atoms with E-state index in [4.69, 9.17) is 16.3 Å². The molecule has 0 aliphatic rings. The first kappa shape index (κ1) is 14.8. The number of likely N-dealkylation sites (N-methyl/N-ethyl adjacent to an activating group) is 1. The lowest BCUT2D eigenvalue weighted by atomic mass is 10.1. The third-order valence-corrected chi connectivity index (χ3v) is 2.76. The second-order valence-corrected chi connectivity index (χ2v) is 4.43. The minimum atomic E-state index is -0.611. The van der Waals surface area contributed by atoms with E-state index in [1.54, 1.807) is 32.0 Å². The second kappa shape index (κ2) is 6.61. The van der Waals surface area contributed by atoms with Crippen molar-refractivity contribution in [1.82, 2.24) is 5.32 Å². The van der Waals surface area contributed by atoms with Crippen molar-refractivity contribution in [2.24, 2.45) is 0 Å². The zero-order valence-electron chi connectivity index (χ0n) is 10.7. The van der Waals surface area contributed by atoms with E-state index in [0.717, 1.165) is 0 Å². The smallest absolute Gasteiger partial charge is 0.260 e. The van der Waals surface area contributed by atoms with Gasteiger partial charge in [-0.3, -0.25) is 4.79 Å². The van der Waals surface area contributed by atoms with Gasteiger partial charge in [-0.25, -0.2) is 0 Å². The fourth-order valence-corrected chi connectivity index (χ4v) is 1.67. The number of carbonyl (C=O) groups is 1. The monoisotopic (exact) mass is 271 g/mol. The molecule has 2 atom stereocenters. The number of hydrogen-bond donors (Lipinski definition) is 2. The highest BCUT2D eigenvalue weighted by Gasteiger charge is 2.15. The lowest BCUT2D eigenvalue weighted by Gasteiger charge is -2.16. The van der Waals surface area contributed by atoms with Gasteiger partial charge in [-0.05, 0) is 38.5 Å². The van der Waals surface area contributed by atoms with Gasteiger partial charge >= 0.3 is 0 Å². The summed E-state index contributed by atoms with van der Waals surface area (Å²) in [5, 5.41) is 12.5. The minimum absolute atomic E-state index is 0.187. The van der Waals surface area contributed by atoms with Gasteiger partial charge in [0, 0.05) is 6.54 Å². The highest BCUT2D eigenvalue weighted by atomic mass is 35.5. The van der Waals surface area contributed by atoms with Crippen LogP contribution in [0.4, 0.5) is 0 Å². The Morgan fingerprint density at radius 1 is 1.50 bits per heavy atom. The van der Waals surface area contributed by atoms with Crippen LogP contribution < -0.4 is 10.1 Å². The summed E-state index contributed by atoms with van der Waals surface area (Å²) in [6, 6.07) is 5.00. The first-order chi connectivity index (χ1) is 8.45. The maximum Gasteiger partial charge on any atom is 0.260 e. The molecule has 0 bridgehead atoms. The fraction of sp³-hybridized carbons (Fsp3) is 0.462. The molecule has 100 valence electrons. The topological polar surface area (TPSA) is 58.6 Å². The van der Waals surface area contributed by atoms with E-state index in [-0.39, 0.29) is 5.91 Å². The zero-order chi connectivity index (χ0) is 13.7. The molecule has 0 saturated carbocycles. The average Bonchev–Trinajstić information content (AvgIpc) is 2.31. The van der Waals surface area contributed by atoms with E-state index >= 15 is 0 Å². The summed E-state index contributed by atoms with van der Waals surface area (Å²) in [5.74, 6) is 0.244. The number of benzene rings is 1. The molecule has 1 rings (SSSR count). The third kappa shape index (κ3) is 3.89. The van der Waals surface area contributed by atoms with Crippen molar-refractivity contribution in [2.75, 3.05) is 6.54 Å². The van der Waals surface area contributed by atoms with Crippen LogP contribution in [0.5, 0.6) is 5.75 Å². The average molecular weight is 272 g/mol. The predicted octanol–water partition coefficient (Wildman–Crippen LogP) is 2.30. The highest BCUT2D eigenvalue weighted by molar-refractivity contribution is 6.32. The van der Waals surface area contributed by atoms with Gasteiger partial charge in [0.05, 0.1) is 11.1 Å². The summed E-state index contributed by atoms with van der Waals surface area (Å²) in [6.45, 7) is 5.71. The van der Waals surface area contributed by atoms with Crippen LogP contribution in [0.1, 0.15) is 32.4 Å². The van der Waals surface area contributed by atoms with E-state index in [2.05, 4.69) is 5.32 Å². The maximum atomic E-state index is 11.5. The highest BCUT2D eigenvalue weighted by Crippen LogP contribution is 2.28. The van der Waals surface area contributed by atoms with Crippen molar-refractivity contribution in [3.05, 3.63) is 28.8 Å². The molecule has 1 aromatic rings. The molecule has 4 nitrogen and oxygen atoms in total. The summed E-state index contributed by atoms with van der Waals surface area (Å²) in [6.07, 6.45) is -1.20. The van der Waals surface area contributed by atoms with Crippen LogP contribution in [0.2, 0.25) is 5.02 Å². The van der Waals surface area contributed by atoms with Gasteiger partial charge in [0.2, 0.25) is 0 Å². The van der Waals surface area contributed by atoms with Gasteiger partial charge in [0.1, 0.15) is 5.75 Å². The number of nitrogens with one attached hydrogen (secondary N) is 1. The van der Waals surface area contributed by atoms with Crippen molar-refractivity contribution in [2.45, 2.75) is 33.0 Å². The lowest BCUT2D eigenvalue weighted by molar-refractivity contribution is -0.127. The summed E-state index contributed by atoms with van der Waals surface area (Å²) in [7, 11) is 0. The van der Waals surface area contributed by atoms with Crippen LogP contribution in [0, 0.1) is 0 Å². The maximum absolute atomic E-state index is 11.5. The van der Waals surface area contributed by atoms with Gasteiger partial charge < -0.3 is 15.2 Å². The zero-order valence-corrected chi connectivity index (χ0v) is 11.5. The molecular formula is C13H18ClNO3. The molecule has 0 aliphatic carbocycles. The van der Waals surface area contributed by atoms with Crippen LogP contribution >= 0.6 is 11.6 Å². The molecule has 1 aromatic carbocycles. The molecule has 0 fully saturated rings. The van der Waals surface area contributed by atoms with Gasteiger partial charge in [-0.15, -0.1) is 0 Å². The van der Waals surface area contributed by atoms with Crippen molar-refractivity contribution in [1.29, 1.82) is 0 Å². The Kier molecular flexibility index (Phi) is 5.44. The molecule has 0 aromatic heterocycles. The summed E-state index contributed by atoms with van der Waals surface area (Å²) >= 11 is 6.03.